The predicted molar refractivity (Wildman–Crippen MR) is 253 cm³/mol. The summed E-state index contributed by atoms with van der Waals surface area (Å²) in [5.74, 6) is 1.83. The number of sulfonamides is 1. The first-order chi connectivity index (χ1) is 31.7. The van der Waals surface area contributed by atoms with Crippen LogP contribution in [0, 0.1) is 32.1 Å². The summed E-state index contributed by atoms with van der Waals surface area (Å²) in [6, 6.07) is 18.6. The third-order valence-corrected chi connectivity index (χ3v) is 18.0. The summed E-state index contributed by atoms with van der Waals surface area (Å²) in [5.41, 5.74) is 3.72. The normalized spacial score (nSPS) is 24.7. The fourth-order valence-electron chi connectivity index (χ4n) is 10.9. The number of amides is 1. The second-order valence-electron chi connectivity index (χ2n) is 19.5. The number of hydrogen-bond donors (Lipinski definition) is 4. The highest BCUT2D eigenvalue weighted by Crippen LogP contribution is 2.54. The maximum absolute atomic E-state index is 14.0. The minimum absolute atomic E-state index is 0.00165. The van der Waals surface area contributed by atoms with Gasteiger partial charge in [0.15, 0.2) is 0 Å². The van der Waals surface area contributed by atoms with Gasteiger partial charge in [-0.05, 0) is 110 Å². The van der Waals surface area contributed by atoms with E-state index >= 15 is 0 Å². The van der Waals surface area contributed by atoms with Crippen molar-refractivity contribution in [3.05, 3.63) is 106 Å². The lowest BCUT2D eigenvalue weighted by atomic mass is 9.59. The van der Waals surface area contributed by atoms with E-state index in [1.807, 2.05) is 6.07 Å². The zero-order chi connectivity index (χ0) is 45.8. The van der Waals surface area contributed by atoms with E-state index in [0.29, 0.717) is 59.8 Å². The molecule has 1 unspecified atom stereocenters. The average molecular weight is 936 g/mol. The van der Waals surface area contributed by atoms with Crippen molar-refractivity contribution in [1.29, 1.82) is 4.78 Å². The van der Waals surface area contributed by atoms with E-state index in [-0.39, 0.29) is 28.6 Å². The molecule has 66 heavy (non-hydrogen) atoms. The number of benzene rings is 2. The number of carbonyl (C=O) groups excluding carboxylic acids is 1. The highest BCUT2D eigenvalue weighted by Gasteiger charge is 2.50. The highest BCUT2D eigenvalue weighted by atomic mass is 32.2. The Morgan fingerprint density at radius 1 is 0.985 bits per heavy atom. The van der Waals surface area contributed by atoms with Crippen LogP contribution in [0.5, 0.6) is 11.5 Å². The number of piperidine rings is 1. The number of aromatic amines is 1. The van der Waals surface area contributed by atoms with Crippen molar-refractivity contribution in [3.8, 4) is 11.5 Å². The number of fused-ring (bicyclic) bond motifs is 1. The Bertz CT molecular complexity index is 2880. The van der Waals surface area contributed by atoms with Gasteiger partial charge in [0.1, 0.15) is 22.0 Å². The maximum Gasteiger partial charge on any atom is 0.312 e. The molecule has 1 spiro atoms. The van der Waals surface area contributed by atoms with Crippen LogP contribution in [0.4, 0.5) is 17.2 Å². The van der Waals surface area contributed by atoms with Crippen LogP contribution in [-0.2, 0) is 19.8 Å². The van der Waals surface area contributed by atoms with Gasteiger partial charge in [0, 0.05) is 83.1 Å². The number of nitrogens with zero attached hydrogens (tertiary/aromatic N) is 5. The van der Waals surface area contributed by atoms with E-state index in [2.05, 4.69) is 66.0 Å². The van der Waals surface area contributed by atoms with E-state index in [1.165, 1.54) is 30.2 Å². The molecule has 1 amide bonds. The fraction of sp³-hybridized carbons (Fsp3) is 0.479. The lowest BCUT2D eigenvalue weighted by molar-refractivity contribution is -0.384. The van der Waals surface area contributed by atoms with Crippen LogP contribution in [0.3, 0.4) is 0 Å². The molecule has 5 fully saturated rings. The van der Waals surface area contributed by atoms with E-state index in [1.54, 1.807) is 30.5 Å². The van der Waals surface area contributed by atoms with Gasteiger partial charge in [-0.3, -0.25) is 24.6 Å². The van der Waals surface area contributed by atoms with Crippen LogP contribution in [0.15, 0.2) is 84.1 Å². The van der Waals surface area contributed by atoms with Crippen molar-refractivity contribution >= 4 is 53.9 Å². The molecule has 5 aliphatic rings. The van der Waals surface area contributed by atoms with Crippen LogP contribution in [-0.4, -0.2) is 87.0 Å². The summed E-state index contributed by atoms with van der Waals surface area (Å²) in [6.45, 7) is 4.93. The standard InChI is InChI=1S/C48H57N9O7S2/c1-31-6-8-32(9-7-31)27-51-46-42(57(59)60)24-38(29-53-46)66(62,63)54-47(58)41-13-12-35(23-44(41)64-37-22-34-14-17-50-45(34)52-28-37)55-18-15-48(16-19-55)25-36(26-48)56-20-21-65(49,61)30-43(56)40-5-3-2-4-39(40)33-10-11-33/h2-5,12-14,17,22-24,28-29,31-33,36,43,49H,6-11,15-16,18-21,25-27,30H2,1H3,(H,50,52)(H,51,53)(H,54,58)/t31?,32?,43-,65?/m0/s1. The molecule has 0 bridgehead atoms. The van der Waals surface area contributed by atoms with Gasteiger partial charge in [-0.15, -0.1) is 0 Å². The Balaban J connectivity index is 0.843. The second-order valence-corrected chi connectivity index (χ2v) is 23.5. The molecule has 2 aromatic carbocycles. The summed E-state index contributed by atoms with van der Waals surface area (Å²) in [7, 11) is -7.26. The van der Waals surface area contributed by atoms with Crippen LogP contribution in [0.25, 0.3) is 11.0 Å². The average Bonchev–Trinajstić information content (AvgIpc) is 4.04. The van der Waals surface area contributed by atoms with Gasteiger partial charge in [-0.2, -0.15) is 0 Å². The number of aromatic nitrogens is 3. The van der Waals surface area contributed by atoms with Crippen molar-refractivity contribution < 1.29 is 27.1 Å². The third-order valence-electron chi connectivity index (χ3n) is 15.0. The second kappa shape index (κ2) is 17.6. The summed E-state index contributed by atoms with van der Waals surface area (Å²) in [6.07, 6.45) is 14.9. The van der Waals surface area contributed by atoms with Crippen LogP contribution < -0.4 is 19.7 Å². The van der Waals surface area contributed by atoms with E-state index in [4.69, 9.17) is 9.52 Å². The molecule has 5 aromatic rings. The molecule has 3 aliphatic carbocycles. The van der Waals surface area contributed by atoms with E-state index in [9.17, 15) is 27.5 Å². The van der Waals surface area contributed by atoms with Gasteiger partial charge >= 0.3 is 5.69 Å². The van der Waals surface area contributed by atoms with Gasteiger partial charge in [-0.1, -0.05) is 44.0 Å². The molecule has 348 valence electrons. The first-order valence-corrected chi connectivity index (χ1v) is 26.6. The first kappa shape index (κ1) is 44.3. The molecular weight excluding hydrogens is 879 g/mol. The molecule has 16 nitrogen and oxygen atoms in total. The predicted octanol–water partition coefficient (Wildman–Crippen LogP) is 8.75. The summed E-state index contributed by atoms with van der Waals surface area (Å²) >= 11 is 0. The quantitative estimate of drug-likeness (QED) is 0.0644. The van der Waals surface area contributed by atoms with Gasteiger partial charge < -0.3 is 19.9 Å². The van der Waals surface area contributed by atoms with Crippen molar-refractivity contribution in [2.45, 2.75) is 94.0 Å². The third kappa shape index (κ3) is 9.23. The van der Waals surface area contributed by atoms with Crippen LogP contribution >= 0.6 is 0 Å². The molecule has 3 saturated carbocycles. The molecule has 4 N–H and O–H groups in total. The monoisotopic (exact) mass is 935 g/mol. The fourth-order valence-corrected chi connectivity index (χ4v) is 13.4. The van der Waals surface area contributed by atoms with Gasteiger partial charge in [0.2, 0.25) is 5.82 Å². The minimum atomic E-state index is -4.62. The Labute approximate surface area is 385 Å². The number of ether oxygens (including phenoxy) is 1. The topological polar surface area (TPSA) is 217 Å². The van der Waals surface area contributed by atoms with Crippen molar-refractivity contribution in [3.63, 3.8) is 0 Å². The molecule has 10 rings (SSSR count). The Morgan fingerprint density at radius 2 is 1.74 bits per heavy atom. The highest BCUT2D eigenvalue weighted by molar-refractivity contribution is 7.92. The van der Waals surface area contributed by atoms with E-state index in [0.717, 1.165) is 87.8 Å². The van der Waals surface area contributed by atoms with E-state index < -0.39 is 41.2 Å². The van der Waals surface area contributed by atoms with Crippen molar-refractivity contribution in [2.75, 3.05) is 47.9 Å². The number of anilines is 2. The van der Waals surface area contributed by atoms with Gasteiger partial charge in [0.25, 0.3) is 15.9 Å². The lowest BCUT2D eigenvalue weighted by Crippen LogP contribution is -2.58. The molecule has 3 aromatic heterocycles. The maximum atomic E-state index is 14.0. The largest absolute Gasteiger partial charge is 0.455 e. The number of rotatable bonds is 13. The molecule has 5 heterocycles. The minimum Gasteiger partial charge on any atom is -0.455 e. The summed E-state index contributed by atoms with van der Waals surface area (Å²) < 4.78 is 57.7. The summed E-state index contributed by atoms with van der Waals surface area (Å²) in [5, 5.41) is 16.0. The number of pyridine rings is 2. The Hall–Kier alpha value is -5.59. The molecule has 18 heteroatoms. The van der Waals surface area contributed by atoms with Crippen molar-refractivity contribution in [2.24, 2.45) is 17.3 Å². The lowest BCUT2D eigenvalue weighted by Gasteiger charge is -2.57. The van der Waals surface area contributed by atoms with Gasteiger partial charge in [0.05, 0.1) is 28.6 Å². The summed E-state index contributed by atoms with van der Waals surface area (Å²) in [4.78, 5) is 41.4. The number of hydrogen-bond acceptors (Lipinski definition) is 13. The zero-order valence-electron chi connectivity index (χ0n) is 37.1. The number of carbonyl (C=O) groups is 1. The zero-order valence-corrected chi connectivity index (χ0v) is 38.7. The Morgan fingerprint density at radius 3 is 2.48 bits per heavy atom. The molecule has 2 saturated heterocycles. The smallest absolute Gasteiger partial charge is 0.312 e. The number of H-pyrrole nitrogens is 1. The van der Waals surface area contributed by atoms with Crippen LogP contribution in [0.1, 0.15) is 105 Å². The molecular formula is C48H57N9O7S2. The van der Waals surface area contributed by atoms with Crippen molar-refractivity contribution in [1.82, 2.24) is 24.6 Å². The molecule has 2 atom stereocenters. The number of nitrogens with one attached hydrogen (secondary N) is 4. The molecule has 2 aliphatic heterocycles. The first-order valence-electron chi connectivity index (χ1n) is 23.3. The number of nitro groups is 1. The van der Waals surface area contributed by atoms with Crippen LogP contribution in [0.2, 0.25) is 0 Å². The Kier molecular flexibility index (Phi) is 11.8. The SMILES string of the molecule is CC1CCC(CNc2ncc(S(=O)(=O)NC(=O)c3ccc(N4CCC5(CC4)CC(N4CCS(=N)(=O)C[C@H]4c4ccccc4C4CC4)C5)cc3Oc3cnc4[nH]ccc4c3)cc2[N+](=O)[O-])CC1. The molecule has 0 radical (unpaired) electrons. The van der Waals surface area contributed by atoms with Gasteiger partial charge in [-0.25, -0.2) is 27.3 Å².